The Balaban J connectivity index is 2.86. The Bertz CT molecular complexity index is 600. The molecule has 0 fully saturated rings. The molecule has 0 unspecified atom stereocenters. The number of ether oxygens (including phenoxy) is 1. The number of nitriles is 2. The lowest BCUT2D eigenvalue weighted by Crippen LogP contribution is -2.33. The first-order chi connectivity index (χ1) is 10.8. The van der Waals surface area contributed by atoms with Gasteiger partial charge in [0.1, 0.15) is 11.2 Å². The predicted octanol–water partition coefficient (Wildman–Crippen LogP) is 4.47. The molecule has 0 saturated heterocycles. The summed E-state index contributed by atoms with van der Waals surface area (Å²) in [5.74, 6) is -0.426. The van der Waals surface area contributed by atoms with Gasteiger partial charge in [-0.05, 0) is 30.5 Å². The highest BCUT2D eigenvalue weighted by Gasteiger charge is 2.44. The molecule has 0 radical (unpaired) electrons. The van der Waals surface area contributed by atoms with Crippen LogP contribution in [-0.4, -0.2) is 12.5 Å². The van der Waals surface area contributed by atoms with Gasteiger partial charge in [0.05, 0.1) is 12.1 Å². The number of hydrogen-bond acceptors (Lipinski definition) is 3. The zero-order chi connectivity index (χ0) is 17.5. The second-order valence-electron chi connectivity index (χ2n) is 4.92. The smallest absolute Gasteiger partial charge is 0.428 e. The topological polar surface area (TPSA) is 56.8 Å². The summed E-state index contributed by atoms with van der Waals surface area (Å²) in [6.45, 7) is 3.53. The minimum absolute atomic E-state index is 0.0827. The van der Waals surface area contributed by atoms with Gasteiger partial charge in [0.25, 0.3) is 0 Å². The monoisotopic (exact) mass is 326 g/mol. The van der Waals surface area contributed by atoms with Crippen LogP contribution in [-0.2, 0) is 6.42 Å². The van der Waals surface area contributed by atoms with E-state index in [-0.39, 0.29) is 12.8 Å². The maximum Gasteiger partial charge on any atom is 0.461 e. The van der Waals surface area contributed by atoms with Crippen molar-refractivity contribution in [3.8, 4) is 17.9 Å². The Kier molecular flexibility index (Phi) is 6.15. The molecule has 1 rings (SSSR count). The normalized spacial score (nSPS) is 11.6. The molecule has 0 aromatic heterocycles. The fourth-order valence-electron chi connectivity index (χ4n) is 1.88. The van der Waals surface area contributed by atoms with E-state index in [2.05, 4.69) is 11.3 Å². The maximum atomic E-state index is 12.8. The molecular formula is C16H14F4N2O. The van der Waals surface area contributed by atoms with Crippen molar-refractivity contribution in [2.45, 2.75) is 31.8 Å². The predicted molar refractivity (Wildman–Crippen MR) is 74.8 cm³/mol. The van der Waals surface area contributed by atoms with Gasteiger partial charge in [-0.3, -0.25) is 0 Å². The summed E-state index contributed by atoms with van der Waals surface area (Å²) in [4.78, 5) is 0. The van der Waals surface area contributed by atoms with E-state index in [1.165, 1.54) is 12.1 Å². The summed E-state index contributed by atoms with van der Waals surface area (Å²) < 4.78 is 53.6. The van der Waals surface area contributed by atoms with Crippen molar-refractivity contribution in [1.29, 1.82) is 10.5 Å². The largest absolute Gasteiger partial charge is 0.461 e. The lowest BCUT2D eigenvalue weighted by atomic mass is 9.80. The number of alkyl halides is 4. The van der Waals surface area contributed by atoms with Crippen molar-refractivity contribution < 1.29 is 22.3 Å². The van der Waals surface area contributed by atoms with Crippen molar-refractivity contribution in [3.63, 3.8) is 0 Å². The quantitative estimate of drug-likeness (QED) is 0.523. The summed E-state index contributed by atoms with van der Waals surface area (Å²) >= 11 is 0. The molecule has 0 heterocycles. The summed E-state index contributed by atoms with van der Waals surface area (Å²) in [5, 5.41) is 18.4. The first-order valence-electron chi connectivity index (χ1n) is 6.66. The number of nitrogens with zero attached hydrogens (tertiary/aromatic N) is 2. The standard InChI is InChI=1S/C16H14F4N2O/c1-2-3-8-15(10-21,11-22)9-12-4-6-13(7-5-12)23-16(19,20)14(17)18/h2,4-7,14H,1,3,8-9H2. The summed E-state index contributed by atoms with van der Waals surface area (Å²) in [6.07, 6.45) is -6.08. The lowest BCUT2D eigenvalue weighted by molar-refractivity contribution is -0.253. The van der Waals surface area contributed by atoms with Crippen LogP contribution in [0, 0.1) is 28.1 Å². The molecule has 0 bridgehead atoms. The van der Waals surface area contributed by atoms with Gasteiger partial charge >= 0.3 is 12.5 Å². The van der Waals surface area contributed by atoms with Crippen LogP contribution in [0.1, 0.15) is 18.4 Å². The van der Waals surface area contributed by atoms with Crippen LogP contribution < -0.4 is 4.74 Å². The van der Waals surface area contributed by atoms with E-state index in [4.69, 9.17) is 0 Å². The van der Waals surface area contributed by atoms with Crippen LogP contribution in [0.25, 0.3) is 0 Å². The number of allylic oxidation sites excluding steroid dienone is 1. The van der Waals surface area contributed by atoms with Crippen LogP contribution in [0.4, 0.5) is 17.6 Å². The molecule has 0 amide bonds. The first-order valence-corrected chi connectivity index (χ1v) is 6.66. The molecule has 0 aliphatic rings. The molecule has 7 heteroatoms. The third kappa shape index (κ3) is 5.00. The van der Waals surface area contributed by atoms with Gasteiger partial charge in [-0.1, -0.05) is 18.2 Å². The Morgan fingerprint density at radius 3 is 2.17 bits per heavy atom. The van der Waals surface area contributed by atoms with Crippen LogP contribution in [0.3, 0.4) is 0 Å². The van der Waals surface area contributed by atoms with E-state index in [9.17, 15) is 28.1 Å². The second-order valence-corrected chi connectivity index (χ2v) is 4.92. The van der Waals surface area contributed by atoms with Gasteiger partial charge in [0, 0.05) is 6.42 Å². The van der Waals surface area contributed by atoms with Gasteiger partial charge in [-0.2, -0.15) is 28.1 Å². The number of hydrogen-bond donors (Lipinski definition) is 0. The van der Waals surface area contributed by atoms with E-state index in [0.29, 0.717) is 12.0 Å². The van der Waals surface area contributed by atoms with Gasteiger partial charge in [0.2, 0.25) is 0 Å². The van der Waals surface area contributed by atoms with E-state index in [0.717, 1.165) is 12.1 Å². The number of halogens is 4. The molecule has 1 aromatic carbocycles. The highest BCUT2D eigenvalue weighted by molar-refractivity contribution is 5.31. The highest BCUT2D eigenvalue weighted by atomic mass is 19.3. The summed E-state index contributed by atoms with van der Waals surface area (Å²) in [6, 6.07) is 8.82. The van der Waals surface area contributed by atoms with Crippen LogP contribution in [0.15, 0.2) is 36.9 Å². The molecule has 1 aromatic rings. The van der Waals surface area contributed by atoms with E-state index < -0.39 is 23.7 Å². The third-order valence-electron chi connectivity index (χ3n) is 3.14. The molecule has 23 heavy (non-hydrogen) atoms. The lowest BCUT2D eigenvalue weighted by Gasteiger charge is -2.19. The van der Waals surface area contributed by atoms with Crippen LogP contribution in [0.5, 0.6) is 5.75 Å². The van der Waals surface area contributed by atoms with Crippen molar-refractivity contribution in [3.05, 3.63) is 42.5 Å². The fourth-order valence-corrected chi connectivity index (χ4v) is 1.88. The molecule has 0 atom stereocenters. The minimum Gasteiger partial charge on any atom is -0.428 e. The molecule has 0 aliphatic heterocycles. The average Bonchev–Trinajstić information content (AvgIpc) is 2.53. The van der Waals surface area contributed by atoms with Crippen molar-refractivity contribution in [2.24, 2.45) is 5.41 Å². The third-order valence-corrected chi connectivity index (χ3v) is 3.14. The SMILES string of the molecule is C=CCCC(C#N)(C#N)Cc1ccc(OC(F)(F)C(F)F)cc1. The molecule has 0 spiro atoms. The Morgan fingerprint density at radius 1 is 1.17 bits per heavy atom. The molecule has 122 valence electrons. The number of rotatable bonds is 8. The highest BCUT2D eigenvalue weighted by Crippen LogP contribution is 2.30. The van der Waals surface area contributed by atoms with Gasteiger partial charge in [0.15, 0.2) is 0 Å². The molecule has 3 nitrogen and oxygen atoms in total. The van der Waals surface area contributed by atoms with Crippen molar-refractivity contribution >= 4 is 0 Å². The van der Waals surface area contributed by atoms with Gasteiger partial charge in [-0.25, -0.2) is 0 Å². The van der Waals surface area contributed by atoms with Crippen molar-refractivity contribution in [2.75, 3.05) is 0 Å². The summed E-state index contributed by atoms with van der Waals surface area (Å²) in [5.41, 5.74) is -0.728. The van der Waals surface area contributed by atoms with Gasteiger partial charge in [-0.15, -0.1) is 6.58 Å². The van der Waals surface area contributed by atoms with E-state index in [1.54, 1.807) is 6.08 Å². The molecule has 0 aliphatic carbocycles. The van der Waals surface area contributed by atoms with Crippen LogP contribution in [0.2, 0.25) is 0 Å². The van der Waals surface area contributed by atoms with E-state index in [1.807, 2.05) is 12.1 Å². The van der Waals surface area contributed by atoms with Crippen LogP contribution >= 0.6 is 0 Å². The molecule has 0 N–H and O–H groups in total. The molecule has 0 saturated carbocycles. The molecular weight excluding hydrogens is 312 g/mol. The summed E-state index contributed by atoms with van der Waals surface area (Å²) in [7, 11) is 0. The van der Waals surface area contributed by atoms with E-state index >= 15 is 0 Å². The maximum absolute atomic E-state index is 12.8. The van der Waals surface area contributed by atoms with Crippen molar-refractivity contribution in [1.82, 2.24) is 0 Å². The Morgan fingerprint density at radius 2 is 1.74 bits per heavy atom. The zero-order valence-corrected chi connectivity index (χ0v) is 12.1. The number of benzene rings is 1. The Hall–Kier alpha value is -2.54. The second kappa shape index (κ2) is 7.64. The first kappa shape index (κ1) is 18.5. The Labute approximate surface area is 131 Å². The van der Waals surface area contributed by atoms with Gasteiger partial charge < -0.3 is 4.74 Å². The average molecular weight is 326 g/mol. The fraction of sp³-hybridized carbons (Fsp3) is 0.375. The minimum atomic E-state index is -4.57. The zero-order valence-electron chi connectivity index (χ0n) is 12.1.